The molecule has 0 unspecified atom stereocenters. The predicted molar refractivity (Wildman–Crippen MR) is 64.1 cm³/mol. The fourth-order valence-corrected chi connectivity index (χ4v) is 1.56. The van der Waals surface area contributed by atoms with Crippen LogP contribution < -0.4 is 10.5 Å². The van der Waals surface area contributed by atoms with Crippen LogP contribution in [0.15, 0.2) is 36.5 Å². The standard InChI is InChI=1S/C13H13FN2O/c1-17-13-5-4-11(8-16-13)9-2-3-10(7-15)12(14)6-9/h2-6,8H,7,15H2,1H3. The number of nitrogens with two attached hydrogens (primary N) is 1. The topological polar surface area (TPSA) is 48.1 Å². The highest BCUT2D eigenvalue weighted by molar-refractivity contribution is 5.63. The molecule has 0 fully saturated rings. The van der Waals surface area contributed by atoms with Crippen LogP contribution in [0.4, 0.5) is 4.39 Å². The summed E-state index contributed by atoms with van der Waals surface area (Å²) in [6.45, 7) is 0.201. The van der Waals surface area contributed by atoms with Crippen LogP contribution in [-0.4, -0.2) is 12.1 Å². The van der Waals surface area contributed by atoms with Gasteiger partial charge in [0.2, 0.25) is 5.88 Å². The van der Waals surface area contributed by atoms with Gasteiger partial charge in [0.05, 0.1) is 7.11 Å². The largest absolute Gasteiger partial charge is 0.481 e. The number of aromatic nitrogens is 1. The Bertz CT molecular complexity index is 511. The Morgan fingerprint density at radius 1 is 1.24 bits per heavy atom. The zero-order valence-corrected chi connectivity index (χ0v) is 9.48. The van der Waals surface area contributed by atoms with Gasteiger partial charge in [-0.3, -0.25) is 0 Å². The molecule has 0 aliphatic rings. The third-order valence-electron chi connectivity index (χ3n) is 2.55. The number of rotatable bonds is 3. The molecule has 0 aliphatic heterocycles. The van der Waals surface area contributed by atoms with Crippen LogP contribution in [0, 0.1) is 5.82 Å². The highest BCUT2D eigenvalue weighted by Gasteiger charge is 2.04. The molecule has 1 aromatic heterocycles. The molecule has 2 N–H and O–H groups in total. The van der Waals surface area contributed by atoms with Crippen LogP contribution in [0.3, 0.4) is 0 Å². The molecule has 3 nitrogen and oxygen atoms in total. The van der Waals surface area contributed by atoms with E-state index in [0.29, 0.717) is 11.4 Å². The lowest BCUT2D eigenvalue weighted by Gasteiger charge is -2.05. The Hall–Kier alpha value is -1.94. The summed E-state index contributed by atoms with van der Waals surface area (Å²) >= 11 is 0. The molecule has 0 saturated carbocycles. The molecule has 1 aromatic carbocycles. The Balaban J connectivity index is 2.35. The van der Waals surface area contributed by atoms with Crippen LogP contribution in [0.5, 0.6) is 5.88 Å². The Labute approximate surface area is 99.1 Å². The van der Waals surface area contributed by atoms with Gasteiger partial charge in [-0.1, -0.05) is 12.1 Å². The van der Waals surface area contributed by atoms with Gasteiger partial charge < -0.3 is 10.5 Å². The summed E-state index contributed by atoms with van der Waals surface area (Å²) in [5.41, 5.74) is 7.53. The number of methoxy groups -OCH3 is 1. The Morgan fingerprint density at radius 3 is 2.53 bits per heavy atom. The molecule has 1 heterocycles. The highest BCUT2D eigenvalue weighted by Crippen LogP contribution is 2.22. The first kappa shape index (κ1) is 11.5. The van der Waals surface area contributed by atoms with E-state index < -0.39 is 0 Å². The monoisotopic (exact) mass is 232 g/mol. The van der Waals surface area contributed by atoms with Crippen molar-refractivity contribution in [3.05, 3.63) is 47.9 Å². The van der Waals surface area contributed by atoms with Crippen molar-refractivity contribution in [3.63, 3.8) is 0 Å². The van der Waals surface area contributed by atoms with E-state index in [9.17, 15) is 4.39 Å². The second-order valence-electron chi connectivity index (χ2n) is 3.60. The molecule has 0 bridgehead atoms. The third-order valence-corrected chi connectivity index (χ3v) is 2.55. The molecule has 0 radical (unpaired) electrons. The first-order valence-electron chi connectivity index (χ1n) is 5.23. The highest BCUT2D eigenvalue weighted by atomic mass is 19.1. The van der Waals surface area contributed by atoms with Crippen molar-refractivity contribution in [1.82, 2.24) is 4.98 Å². The predicted octanol–water partition coefficient (Wildman–Crippen LogP) is 2.36. The van der Waals surface area contributed by atoms with Gasteiger partial charge in [0.1, 0.15) is 5.82 Å². The van der Waals surface area contributed by atoms with E-state index in [1.54, 1.807) is 25.4 Å². The maximum Gasteiger partial charge on any atom is 0.212 e. The molecule has 0 aliphatic carbocycles. The first-order valence-corrected chi connectivity index (χ1v) is 5.23. The van der Waals surface area contributed by atoms with Crippen LogP contribution >= 0.6 is 0 Å². The van der Waals surface area contributed by atoms with Gasteiger partial charge in [0, 0.05) is 29.9 Å². The summed E-state index contributed by atoms with van der Waals surface area (Å²) in [6.07, 6.45) is 1.65. The second kappa shape index (κ2) is 4.93. The van der Waals surface area contributed by atoms with Crippen molar-refractivity contribution in [2.75, 3.05) is 7.11 Å². The average molecular weight is 232 g/mol. The average Bonchev–Trinajstić information content (AvgIpc) is 2.39. The Morgan fingerprint density at radius 2 is 2.00 bits per heavy atom. The molecule has 0 spiro atoms. The van der Waals surface area contributed by atoms with E-state index >= 15 is 0 Å². The summed E-state index contributed by atoms with van der Waals surface area (Å²) in [6, 6.07) is 8.56. The van der Waals surface area contributed by atoms with Crippen LogP contribution in [-0.2, 0) is 6.54 Å². The molecular weight excluding hydrogens is 219 g/mol. The molecule has 2 rings (SSSR count). The van der Waals surface area contributed by atoms with Crippen molar-refractivity contribution in [2.45, 2.75) is 6.54 Å². The zero-order chi connectivity index (χ0) is 12.3. The normalized spacial score (nSPS) is 10.3. The molecule has 2 aromatic rings. The number of halogens is 1. The smallest absolute Gasteiger partial charge is 0.212 e. The summed E-state index contributed by atoms with van der Waals surface area (Å²) in [4.78, 5) is 4.08. The van der Waals surface area contributed by atoms with Crippen molar-refractivity contribution in [2.24, 2.45) is 5.73 Å². The van der Waals surface area contributed by atoms with Crippen molar-refractivity contribution < 1.29 is 9.13 Å². The third kappa shape index (κ3) is 2.42. The van der Waals surface area contributed by atoms with Crippen molar-refractivity contribution in [3.8, 4) is 17.0 Å². The number of hydrogen-bond acceptors (Lipinski definition) is 3. The van der Waals surface area contributed by atoms with Gasteiger partial charge in [0.15, 0.2) is 0 Å². The van der Waals surface area contributed by atoms with Gasteiger partial charge in [-0.2, -0.15) is 0 Å². The van der Waals surface area contributed by atoms with E-state index in [1.165, 1.54) is 6.07 Å². The molecule has 17 heavy (non-hydrogen) atoms. The summed E-state index contributed by atoms with van der Waals surface area (Å²) in [5, 5.41) is 0. The summed E-state index contributed by atoms with van der Waals surface area (Å²) in [5.74, 6) is 0.244. The quantitative estimate of drug-likeness (QED) is 0.883. The minimum Gasteiger partial charge on any atom is -0.481 e. The lowest BCUT2D eigenvalue weighted by Crippen LogP contribution is -1.99. The van der Waals surface area contributed by atoms with Crippen molar-refractivity contribution in [1.29, 1.82) is 0 Å². The minimum absolute atomic E-state index is 0.201. The lowest BCUT2D eigenvalue weighted by molar-refractivity contribution is 0.398. The Kier molecular flexibility index (Phi) is 3.35. The van der Waals surface area contributed by atoms with Gasteiger partial charge in [0.25, 0.3) is 0 Å². The summed E-state index contributed by atoms with van der Waals surface area (Å²) < 4.78 is 18.5. The molecule has 88 valence electrons. The van der Waals surface area contributed by atoms with Crippen LogP contribution in [0.25, 0.3) is 11.1 Å². The van der Waals surface area contributed by atoms with E-state index in [4.69, 9.17) is 10.5 Å². The number of pyridine rings is 1. The van der Waals surface area contributed by atoms with E-state index in [0.717, 1.165) is 11.1 Å². The van der Waals surface area contributed by atoms with Crippen LogP contribution in [0.1, 0.15) is 5.56 Å². The summed E-state index contributed by atoms with van der Waals surface area (Å²) in [7, 11) is 1.55. The van der Waals surface area contributed by atoms with Gasteiger partial charge >= 0.3 is 0 Å². The van der Waals surface area contributed by atoms with Gasteiger partial charge in [-0.05, 0) is 17.7 Å². The fourth-order valence-electron chi connectivity index (χ4n) is 1.56. The second-order valence-corrected chi connectivity index (χ2v) is 3.60. The molecule has 0 amide bonds. The van der Waals surface area contributed by atoms with Crippen molar-refractivity contribution >= 4 is 0 Å². The zero-order valence-electron chi connectivity index (χ0n) is 9.48. The van der Waals surface area contributed by atoms with E-state index in [1.807, 2.05) is 12.1 Å². The maximum absolute atomic E-state index is 13.6. The maximum atomic E-state index is 13.6. The fraction of sp³-hybridized carbons (Fsp3) is 0.154. The number of ether oxygens (including phenoxy) is 1. The first-order chi connectivity index (χ1) is 8.24. The van der Waals surface area contributed by atoms with E-state index in [-0.39, 0.29) is 12.4 Å². The molecular formula is C13H13FN2O. The number of benzene rings is 1. The minimum atomic E-state index is -0.291. The number of nitrogens with zero attached hydrogens (tertiary/aromatic N) is 1. The molecule has 0 saturated heterocycles. The van der Waals surface area contributed by atoms with Crippen LogP contribution in [0.2, 0.25) is 0 Å². The van der Waals surface area contributed by atoms with E-state index in [2.05, 4.69) is 4.98 Å². The van der Waals surface area contributed by atoms with Gasteiger partial charge in [-0.25, -0.2) is 9.37 Å². The SMILES string of the molecule is COc1ccc(-c2ccc(CN)c(F)c2)cn1. The molecule has 0 atom stereocenters. The molecule has 4 heteroatoms. The number of hydrogen-bond donors (Lipinski definition) is 1. The van der Waals surface area contributed by atoms with Gasteiger partial charge in [-0.15, -0.1) is 0 Å². The lowest BCUT2D eigenvalue weighted by atomic mass is 10.1.